The van der Waals surface area contributed by atoms with Crippen molar-refractivity contribution >= 4 is 11.8 Å². The molecule has 130 valence electrons. The molecule has 4 unspecified atom stereocenters. The number of hydrogen-bond donors (Lipinski definition) is 3. The molecule has 0 aromatic rings. The van der Waals surface area contributed by atoms with Gasteiger partial charge in [-0.05, 0) is 50.5 Å². The highest BCUT2D eigenvalue weighted by atomic mass is 16.2. The maximum Gasteiger partial charge on any atom is 0.224 e. The van der Waals surface area contributed by atoms with Crippen LogP contribution in [0.25, 0.3) is 0 Å². The average Bonchev–Trinajstić information content (AvgIpc) is 3.16. The minimum atomic E-state index is -0.281. The smallest absolute Gasteiger partial charge is 0.224 e. The fraction of sp³-hybridized carbons (Fsp3) is 0.882. The summed E-state index contributed by atoms with van der Waals surface area (Å²) in [5.74, 6) is 0.104. The summed E-state index contributed by atoms with van der Waals surface area (Å²) in [6.07, 6.45) is 5.25. The Kier molecular flexibility index (Phi) is 5.54. The molecule has 2 bridgehead atoms. The zero-order chi connectivity index (χ0) is 16.2. The van der Waals surface area contributed by atoms with Crippen LogP contribution in [0.1, 0.15) is 32.1 Å². The number of carbonyl (C=O) groups is 2. The van der Waals surface area contributed by atoms with Crippen LogP contribution in [-0.2, 0) is 9.59 Å². The number of carbonyl (C=O) groups excluding carboxylic acids is 2. The van der Waals surface area contributed by atoms with Crippen molar-refractivity contribution in [2.75, 3.05) is 39.3 Å². The van der Waals surface area contributed by atoms with Crippen LogP contribution in [0.15, 0.2) is 0 Å². The van der Waals surface area contributed by atoms with Gasteiger partial charge in [0, 0.05) is 32.7 Å². The Morgan fingerprint density at radius 1 is 1.09 bits per heavy atom. The van der Waals surface area contributed by atoms with E-state index in [0.717, 1.165) is 64.8 Å². The third kappa shape index (κ3) is 3.86. The molecule has 0 aromatic carbocycles. The van der Waals surface area contributed by atoms with Gasteiger partial charge < -0.3 is 21.3 Å². The summed E-state index contributed by atoms with van der Waals surface area (Å²) in [5.41, 5.74) is 5.54. The summed E-state index contributed by atoms with van der Waals surface area (Å²) in [6.45, 7) is 6.22. The predicted octanol–water partition coefficient (Wildman–Crippen LogP) is -0.0644. The second kappa shape index (κ2) is 7.62. The van der Waals surface area contributed by atoms with Crippen molar-refractivity contribution < 1.29 is 9.59 Å². The lowest BCUT2D eigenvalue weighted by molar-refractivity contribution is -0.135. The minimum Gasteiger partial charge on any atom is -0.369 e. The van der Waals surface area contributed by atoms with E-state index in [4.69, 9.17) is 5.73 Å². The van der Waals surface area contributed by atoms with Gasteiger partial charge in [0.2, 0.25) is 11.8 Å². The molecule has 2 aliphatic carbocycles. The predicted molar refractivity (Wildman–Crippen MR) is 88.6 cm³/mol. The summed E-state index contributed by atoms with van der Waals surface area (Å²) < 4.78 is 0. The van der Waals surface area contributed by atoms with E-state index in [1.165, 1.54) is 0 Å². The molecular weight excluding hydrogens is 292 g/mol. The summed E-state index contributed by atoms with van der Waals surface area (Å²) in [6, 6.07) is 0. The van der Waals surface area contributed by atoms with Gasteiger partial charge in [0.15, 0.2) is 0 Å². The molecule has 4 N–H and O–H groups in total. The van der Waals surface area contributed by atoms with Crippen LogP contribution in [0, 0.1) is 23.7 Å². The molecule has 2 saturated carbocycles. The van der Waals surface area contributed by atoms with Crippen molar-refractivity contribution in [3.63, 3.8) is 0 Å². The largest absolute Gasteiger partial charge is 0.369 e. The molecule has 3 fully saturated rings. The van der Waals surface area contributed by atoms with E-state index in [1.54, 1.807) is 0 Å². The van der Waals surface area contributed by atoms with Gasteiger partial charge in [-0.1, -0.05) is 0 Å². The highest BCUT2D eigenvalue weighted by molar-refractivity contribution is 5.88. The molecule has 3 rings (SSSR count). The molecule has 0 radical (unpaired) electrons. The number of unbranched alkanes of at least 4 members (excludes halogenated alkanes) is 1. The van der Waals surface area contributed by atoms with Crippen LogP contribution in [0.3, 0.4) is 0 Å². The van der Waals surface area contributed by atoms with Crippen molar-refractivity contribution in [1.29, 1.82) is 0 Å². The van der Waals surface area contributed by atoms with Crippen molar-refractivity contribution in [2.45, 2.75) is 32.1 Å². The first-order valence-electron chi connectivity index (χ1n) is 9.17. The molecule has 1 aliphatic heterocycles. The highest BCUT2D eigenvalue weighted by Crippen LogP contribution is 2.52. The number of nitrogens with two attached hydrogens (primary N) is 1. The van der Waals surface area contributed by atoms with E-state index in [-0.39, 0.29) is 23.7 Å². The molecule has 1 saturated heterocycles. The maximum absolute atomic E-state index is 12.5. The summed E-state index contributed by atoms with van der Waals surface area (Å²) >= 11 is 0. The number of primary amides is 1. The molecule has 23 heavy (non-hydrogen) atoms. The van der Waals surface area contributed by atoms with Gasteiger partial charge in [0.05, 0.1) is 11.8 Å². The van der Waals surface area contributed by atoms with Crippen LogP contribution >= 0.6 is 0 Å². The van der Waals surface area contributed by atoms with Crippen molar-refractivity contribution in [1.82, 2.24) is 15.5 Å². The summed E-state index contributed by atoms with van der Waals surface area (Å²) in [4.78, 5) is 26.6. The topological polar surface area (TPSA) is 87.5 Å². The monoisotopic (exact) mass is 322 g/mol. The molecule has 6 heteroatoms. The van der Waals surface area contributed by atoms with Crippen molar-refractivity contribution in [2.24, 2.45) is 29.4 Å². The van der Waals surface area contributed by atoms with Crippen LogP contribution < -0.4 is 16.4 Å². The Morgan fingerprint density at radius 2 is 1.78 bits per heavy atom. The number of amides is 2. The average molecular weight is 322 g/mol. The zero-order valence-corrected chi connectivity index (χ0v) is 13.9. The second-order valence-corrected chi connectivity index (χ2v) is 7.38. The fourth-order valence-corrected chi connectivity index (χ4v) is 4.80. The Morgan fingerprint density at radius 3 is 2.48 bits per heavy atom. The lowest BCUT2D eigenvalue weighted by Gasteiger charge is -2.28. The number of rotatable bonds is 7. The molecule has 0 aromatic heterocycles. The number of fused-ring (bicyclic) bond motifs is 2. The highest BCUT2D eigenvalue weighted by Gasteiger charge is 2.52. The van der Waals surface area contributed by atoms with Crippen molar-refractivity contribution in [3.05, 3.63) is 0 Å². The number of nitrogens with zero attached hydrogens (tertiary/aromatic N) is 1. The summed E-state index contributed by atoms with van der Waals surface area (Å²) in [5, 5.41) is 6.41. The van der Waals surface area contributed by atoms with E-state index < -0.39 is 0 Å². The first-order chi connectivity index (χ1) is 11.2. The minimum absolute atomic E-state index is 0.0585. The Bertz CT molecular complexity index is 436. The van der Waals surface area contributed by atoms with Gasteiger partial charge in [0.1, 0.15) is 0 Å². The van der Waals surface area contributed by atoms with Gasteiger partial charge in [-0.25, -0.2) is 0 Å². The maximum atomic E-state index is 12.5. The van der Waals surface area contributed by atoms with Gasteiger partial charge in [0.25, 0.3) is 0 Å². The SMILES string of the molecule is NC(=O)C1C2CCC(C2)C1C(=O)NCCCCN1CCNCC1. The zero-order valence-electron chi connectivity index (χ0n) is 13.9. The fourth-order valence-electron chi connectivity index (χ4n) is 4.80. The summed E-state index contributed by atoms with van der Waals surface area (Å²) in [7, 11) is 0. The molecule has 1 heterocycles. The van der Waals surface area contributed by atoms with Gasteiger partial charge in [-0.15, -0.1) is 0 Å². The second-order valence-electron chi connectivity index (χ2n) is 7.38. The van der Waals surface area contributed by atoms with Crippen LogP contribution in [-0.4, -0.2) is 56.0 Å². The molecule has 6 nitrogen and oxygen atoms in total. The number of hydrogen-bond acceptors (Lipinski definition) is 4. The normalized spacial score (nSPS) is 33.7. The first kappa shape index (κ1) is 16.7. The van der Waals surface area contributed by atoms with E-state index in [1.807, 2.05) is 0 Å². The third-order valence-electron chi connectivity index (χ3n) is 5.96. The van der Waals surface area contributed by atoms with Crippen LogP contribution in [0.4, 0.5) is 0 Å². The van der Waals surface area contributed by atoms with E-state index >= 15 is 0 Å². The molecular formula is C17H30N4O2. The van der Waals surface area contributed by atoms with Crippen LogP contribution in [0.2, 0.25) is 0 Å². The number of piperazine rings is 1. The number of nitrogens with one attached hydrogen (secondary N) is 2. The molecule has 4 atom stereocenters. The van der Waals surface area contributed by atoms with Crippen LogP contribution in [0.5, 0.6) is 0 Å². The van der Waals surface area contributed by atoms with Gasteiger partial charge >= 0.3 is 0 Å². The van der Waals surface area contributed by atoms with Crippen molar-refractivity contribution in [3.8, 4) is 0 Å². The molecule has 3 aliphatic rings. The van der Waals surface area contributed by atoms with E-state index in [2.05, 4.69) is 15.5 Å². The van der Waals surface area contributed by atoms with E-state index in [9.17, 15) is 9.59 Å². The third-order valence-corrected chi connectivity index (χ3v) is 5.96. The molecule has 2 amide bonds. The Labute approximate surface area is 138 Å². The van der Waals surface area contributed by atoms with Gasteiger partial charge in [-0.3, -0.25) is 9.59 Å². The van der Waals surface area contributed by atoms with E-state index in [0.29, 0.717) is 18.4 Å². The van der Waals surface area contributed by atoms with Gasteiger partial charge in [-0.2, -0.15) is 0 Å². The standard InChI is InChI=1S/C17H30N4O2/c18-16(22)14-12-3-4-13(11-12)15(14)17(23)20-5-1-2-8-21-9-6-19-7-10-21/h12-15,19H,1-11H2,(H2,18,22)(H,20,23). The quantitative estimate of drug-likeness (QED) is 0.573. The lowest BCUT2D eigenvalue weighted by Crippen LogP contribution is -2.44. The Hall–Kier alpha value is -1.14. The Balaban J connectivity index is 1.36. The lowest BCUT2D eigenvalue weighted by atomic mass is 9.78. The first-order valence-corrected chi connectivity index (χ1v) is 9.17. The molecule has 0 spiro atoms.